The minimum absolute atomic E-state index is 0.0570. The van der Waals surface area contributed by atoms with E-state index in [1.165, 1.54) is 23.9 Å². The molecule has 106 valence electrons. The van der Waals surface area contributed by atoms with Crippen molar-refractivity contribution < 1.29 is 13.2 Å². The molecule has 0 N–H and O–H groups in total. The Balaban J connectivity index is 2.21. The molecule has 6 heteroatoms. The first-order valence-electron chi connectivity index (χ1n) is 5.90. The molecule has 0 radical (unpaired) electrons. The lowest BCUT2D eigenvalue weighted by Gasteiger charge is -2.17. The van der Waals surface area contributed by atoms with Crippen molar-refractivity contribution in [3.05, 3.63) is 66.1 Å². The van der Waals surface area contributed by atoms with Crippen molar-refractivity contribution in [2.24, 2.45) is 0 Å². The van der Waals surface area contributed by atoms with E-state index in [1.807, 2.05) is 4.57 Å². The zero-order valence-corrected chi connectivity index (χ0v) is 11.4. The molecule has 2 rings (SSSR count). The van der Waals surface area contributed by atoms with E-state index in [2.05, 4.69) is 11.6 Å². The molecule has 0 aliphatic carbocycles. The lowest BCUT2D eigenvalue weighted by Crippen LogP contribution is -2.08. The van der Waals surface area contributed by atoms with E-state index in [4.69, 9.17) is 0 Å². The Morgan fingerprint density at radius 1 is 1.40 bits per heavy atom. The van der Waals surface area contributed by atoms with Crippen LogP contribution in [0.25, 0.3) is 0 Å². The summed E-state index contributed by atoms with van der Waals surface area (Å²) in [6, 6.07) is 5.40. The number of nitrogens with zero attached hydrogens (tertiary/aromatic N) is 2. The van der Waals surface area contributed by atoms with Gasteiger partial charge in [-0.25, -0.2) is 4.98 Å². The maximum Gasteiger partial charge on any atom is 0.416 e. The number of thioether (sulfide) groups is 1. The summed E-state index contributed by atoms with van der Waals surface area (Å²) in [5.74, 6) is 0. The van der Waals surface area contributed by atoms with Crippen molar-refractivity contribution in [3.8, 4) is 0 Å². The first-order valence-corrected chi connectivity index (χ1v) is 6.85. The normalized spacial score (nSPS) is 13.2. The molecule has 0 saturated heterocycles. The van der Waals surface area contributed by atoms with Crippen LogP contribution in [0.2, 0.25) is 0 Å². The van der Waals surface area contributed by atoms with Crippen LogP contribution < -0.4 is 0 Å². The third-order valence-corrected chi connectivity index (χ3v) is 3.69. The lowest BCUT2D eigenvalue weighted by molar-refractivity contribution is -0.137. The SMILES string of the molecule is C=CSC(Cc1cccc(C(F)(F)F)c1)n1ccnc1. The highest BCUT2D eigenvalue weighted by molar-refractivity contribution is 8.02. The second kappa shape index (κ2) is 6.17. The Kier molecular flexibility index (Phi) is 4.54. The van der Waals surface area contributed by atoms with Crippen LogP contribution in [0.4, 0.5) is 13.2 Å². The van der Waals surface area contributed by atoms with Gasteiger partial charge in [0.05, 0.1) is 17.3 Å². The summed E-state index contributed by atoms with van der Waals surface area (Å²) in [7, 11) is 0. The van der Waals surface area contributed by atoms with Crippen LogP contribution in [-0.2, 0) is 12.6 Å². The Hall–Kier alpha value is -1.69. The van der Waals surface area contributed by atoms with Crippen LogP contribution in [-0.4, -0.2) is 9.55 Å². The number of hydrogen-bond donors (Lipinski definition) is 0. The molecule has 0 bridgehead atoms. The van der Waals surface area contributed by atoms with Crippen LogP contribution in [0.15, 0.2) is 55.0 Å². The Morgan fingerprint density at radius 2 is 2.20 bits per heavy atom. The van der Waals surface area contributed by atoms with Gasteiger partial charge in [0.2, 0.25) is 0 Å². The first-order chi connectivity index (χ1) is 9.50. The van der Waals surface area contributed by atoms with Gasteiger partial charge in [-0.1, -0.05) is 24.8 Å². The second-order valence-corrected chi connectivity index (χ2v) is 5.32. The van der Waals surface area contributed by atoms with Crippen molar-refractivity contribution in [1.82, 2.24) is 9.55 Å². The van der Waals surface area contributed by atoms with Crippen LogP contribution >= 0.6 is 11.8 Å². The third-order valence-electron chi connectivity index (χ3n) is 2.78. The Bertz CT molecular complexity index is 564. The second-order valence-electron chi connectivity index (χ2n) is 4.17. The highest BCUT2D eigenvalue weighted by atomic mass is 32.2. The molecule has 0 saturated carbocycles. The molecule has 0 aliphatic heterocycles. The molecule has 0 spiro atoms. The summed E-state index contributed by atoms with van der Waals surface area (Å²) < 4.78 is 39.9. The van der Waals surface area contributed by atoms with Gasteiger partial charge >= 0.3 is 6.18 Å². The summed E-state index contributed by atoms with van der Waals surface area (Å²) in [6.07, 6.45) is 1.23. The van der Waals surface area contributed by atoms with E-state index in [1.54, 1.807) is 30.2 Å². The summed E-state index contributed by atoms with van der Waals surface area (Å²) in [4.78, 5) is 3.96. The molecule has 2 aromatic rings. The molecule has 1 unspecified atom stereocenters. The molecule has 0 fully saturated rings. The molecule has 1 atom stereocenters. The number of benzene rings is 1. The highest BCUT2D eigenvalue weighted by Gasteiger charge is 2.30. The number of rotatable bonds is 5. The predicted octanol–water partition coefficient (Wildman–Crippen LogP) is 4.52. The smallest absolute Gasteiger partial charge is 0.324 e. The summed E-state index contributed by atoms with van der Waals surface area (Å²) in [5.41, 5.74) is 0.0101. The fraction of sp³-hybridized carbons (Fsp3) is 0.214. The van der Waals surface area contributed by atoms with Crippen molar-refractivity contribution in [2.75, 3.05) is 0 Å². The van der Waals surface area contributed by atoms with Crippen LogP contribution in [0, 0.1) is 0 Å². The van der Waals surface area contributed by atoms with Gasteiger partial charge < -0.3 is 4.57 Å². The predicted molar refractivity (Wildman–Crippen MR) is 74.2 cm³/mol. The summed E-state index contributed by atoms with van der Waals surface area (Å²) >= 11 is 1.45. The first kappa shape index (κ1) is 14.7. The minimum atomic E-state index is -4.31. The summed E-state index contributed by atoms with van der Waals surface area (Å²) in [6.45, 7) is 3.66. The number of halogens is 3. The molecule has 1 aromatic carbocycles. The van der Waals surface area contributed by atoms with E-state index in [0.29, 0.717) is 12.0 Å². The number of aromatic nitrogens is 2. The number of alkyl halides is 3. The fourth-order valence-electron chi connectivity index (χ4n) is 1.85. The monoisotopic (exact) mass is 298 g/mol. The molecular formula is C14H13F3N2S. The maximum atomic E-state index is 12.7. The van der Waals surface area contributed by atoms with Gasteiger partial charge in [-0.3, -0.25) is 0 Å². The van der Waals surface area contributed by atoms with E-state index in [0.717, 1.165) is 6.07 Å². The molecular weight excluding hydrogens is 285 g/mol. The topological polar surface area (TPSA) is 17.8 Å². The molecule has 1 heterocycles. The zero-order chi connectivity index (χ0) is 14.6. The fourth-order valence-corrected chi connectivity index (χ4v) is 2.63. The lowest BCUT2D eigenvalue weighted by atomic mass is 10.1. The largest absolute Gasteiger partial charge is 0.416 e. The van der Waals surface area contributed by atoms with Gasteiger partial charge in [0.25, 0.3) is 0 Å². The van der Waals surface area contributed by atoms with Gasteiger partial charge in [0.1, 0.15) is 0 Å². The van der Waals surface area contributed by atoms with Crippen molar-refractivity contribution in [3.63, 3.8) is 0 Å². The van der Waals surface area contributed by atoms with Crippen molar-refractivity contribution >= 4 is 11.8 Å². The van der Waals surface area contributed by atoms with Crippen LogP contribution in [0.1, 0.15) is 16.5 Å². The standard InChI is InChI=1S/C14H13F3N2S/c1-2-20-13(19-7-6-18-10-19)9-11-4-3-5-12(8-11)14(15,16)17/h2-8,10,13H,1,9H2. The molecule has 0 amide bonds. The van der Waals surface area contributed by atoms with E-state index >= 15 is 0 Å². The molecule has 1 aromatic heterocycles. The molecule has 0 aliphatic rings. The van der Waals surface area contributed by atoms with E-state index in [9.17, 15) is 13.2 Å². The minimum Gasteiger partial charge on any atom is -0.324 e. The maximum absolute atomic E-state index is 12.7. The zero-order valence-electron chi connectivity index (χ0n) is 10.5. The Morgan fingerprint density at radius 3 is 2.80 bits per heavy atom. The average molecular weight is 298 g/mol. The van der Waals surface area contributed by atoms with E-state index < -0.39 is 11.7 Å². The average Bonchev–Trinajstić information content (AvgIpc) is 2.91. The van der Waals surface area contributed by atoms with Gasteiger partial charge in [-0.05, 0) is 17.0 Å². The van der Waals surface area contributed by atoms with Gasteiger partial charge in [-0.15, -0.1) is 11.8 Å². The highest BCUT2D eigenvalue weighted by Crippen LogP contribution is 2.32. The quantitative estimate of drug-likeness (QED) is 0.807. The van der Waals surface area contributed by atoms with Gasteiger partial charge in [0, 0.05) is 18.8 Å². The van der Waals surface area contributed by atoms with Crippen molar-refractivity contribution in [2.45, 2.75) is 18.0 Å². The number of imidazole rings is 1. The third kappa shape index (κ3) is 3.66. The van der Waals surface area contributed by atoms with Crippen molar-refractivity contribution in [1.29, 1.82) is 0 Å². The van der Waals surface area contributed by atoms with E-state index in [-0.39, 0.29) is 5.37 Å². The van der Waals surface area contributed by atoms with Crippen LogP contribution in [0.5, 0.6) is 0 Å². The number of hydrogen-bond acceptors (Lipinski definition) is 2. The van der Waals surface area contributed by atoms with Crippen LogP contribution in [0.3, 0.4) is 0 Å². The molecule has 20 heavy (non-hydrogen) atoms. The Labute approximate surface area is 119 Å². The molecule has 2 nitrogen and oxygen atoms in total. The van der Waals surface area contributed by atoms with Gasteiger partial charge in [0.15, 0.2) is 0 Å². The summed E-state index contributed by atoms with van der Waals surface area (Å²) in [5, 5.41) is 1.62. The van der Waals surface area contributed by atoms with Gasteiger partial charge in [-0.2, -0.15) is 13.2 Å².